The number of rotatable bonds is 6. The van der Waals surface area contributed by atoms with Gasteiger partial charge in [-0.25, -0.2) is 13.4 Å². The zero-order valence-corrected chi connectivity index (χ0v) is 12.7. The van der Waals surface area contributed by atoms with Crippen LogP contribution < -0.4 is 10.0 Å². The molecule has 0 aliphatic rings. The number of alkyl halides is 3. The third-order valence-electron chi connectivity index (χ3n) is 2.66. The Kier molecular flexibility index (Phi) is 5.57. The molecular weight excluding hydrogens is 307 g/mol. The van der Waals surface area contributed by atoms with Crippen molar-refractivity contribution in [1.82, 2.24) is 10.3 Å². The van der Waals surface area contributed by atoms with Gasteiger partial charge in [0.1, 0.15) is 5.69 Å². The maximum absolute atomic E-state index is 12.4. The topological polar surface area (TPSA) is 71.1 Å². The summed E-state index contributed by atoms with van der Waals surface area (Å²) in [4.78, 5) is 3.20. The van der Waals surface area contributed by atoms with Crippen LogP contribution in [-0.4, -0.2) is 31.2 Å². The standard InChI is InChI=1S/C12H18F3N3O2S/c1-8(2)16-6-9(3)21(19,20)18-10-4-5-11(17-7-10)12(13,14)15/h4-5,7-9,16,18H,6H2,1-3H3. The van der Waals surface area contributed by atoms with Gasteiger partial charge in [0.05, 0.1) is 17.1 Å². The molecule has 1 aromatic rings. The van der Waals surface area contributed by atoms with Crippen molar-refractivity contribution in [1.29, 1.82) is 0 Å². The molecule has 21 heavy (non-hydrogen) atoms. The number of hydrogen-bond acceptors (Lipinski definition) is 4. The van der Waals surface area contributed by atoms with E-state index in [1.165, 1.54) is 6.92 Å². The van der Waals surface area contributed by atoms with E-state index in [2.05, 4.69) is 15.0 Å². The van der Waals surface area contributed by atoms with Crippen molar-refractivity contribution in [3.8, 4) is 0 Å². The van der Waals surface area contributed by atoms with E-state index in [0.29, 0.717) is 0 Å². The Morgan fingerprint density at radius 2 is 1.86 bits per heavy atom. The number of halogens is 3. The van der Waals surface area contributed by atoms with E-state index in [0.717, 1.165) is 18.3 Å². The number of nitrogens with one attached hydrogen (secondary N) is 2. The molecule has 1 rings (SSSR count). The summed E-state index contributed by atoms with van der Waals surface area (Å²) in [5.41, 5.74) is -1.07. The van der Waals surface area contributed by atoms with Gasteiger partial charge in [-0.3, -0.25) is 4.72 Å². The SMILES string of the molecule is CC(C)NCC(C)S(=O)(=O)Nc1ccc(C(F)(F)F)nc1. The van der Waals surface area contributed by atoms with E-state index in [1.807, 2.05) is 13.8 Å². The molecule has 0 aliphatic heterocycles. The lowest BCUT2D eigenvalue weighted by Gasteiger charge is -2.17. The predicted octanol–water partition coefficient (Wildman–Crippen LogP) is 2.23. The van der Waals surface area contributed by atoms with Crippen molar-refractivity contribution in [2.75, 3.05) is 11.3 Å². The quantitative estimate of drug-likeness (QED) is 0.841. The van der Waals surface area contributed by atoms with Crippen LogP contribution in [0.2, 0.25) is 0 Å². The monoisotopic (exact) mass is 325 g/mol. The van der Waals surface area contributed by atoms with Gasteiger partial charge in [0.25, 0.3) is 0 Å². The second kappa shape index (κ2) is 6.61. The van der Waals surface area contributed by atoms with E-state index >= 15 is 0 Å². The molecule has 0 saturated carbocycles. The van der Waals surface area contributed by atoms with Gasteiger partial charge >= 0.3 is 6.18 Å². The van der Waals surface area contributed by atoms with Crippen molar-refractivity contribution in [2.24, 2.45) is 0 Å². The minimum absolute atomic E-state index is 0.000558. The van der Waals surface area contributed by atoms with Crippen LogP contribution in [0.15, 0.2) is 18.3 Å². The van der Waals surface area contributed by atoms with Crippen molar-refractivity contribution < 1.29 is 21.6 Å². The van der Waals surface area contributed by atoms with E-state index in [4.69, 9.17) is 0 Å². The normalized spacial score (nSPS) is 14.2. The molecule has 5 nitrogen and oxygen atoms in total. The highest BCUT2D eigenvalue weighted by atomic mass is 32.2. The molecule has 0 saturated heterocycles. The predicted molar refractivity (Wildman–Crippen MR) is 74.4 cm³/mol. The van der Waals surface area contributed by atoms with Gasteiger partial charge < -0.3 is 5.32 Å². The molecule has 0 spiro atoms. The summed E-state index contributed by atoms with van der Waals surface area (Å²) in [5.74, 6) is 0. The Bertz CT molecular complexity index is 556. The molecule has 9 heteroatoms. The first kappa shape index (κ1) is 17.7. The Hall–Kier alpha value is -1.35. The Labute approximate surface area is 122 Å². The summed E-state index contributed by atoms with van der Waals surface area (Å²) in [7, 11) is -3.69. The number of sulfonamides is 1. The summed E-state index contributed by atoms with van der Waals surface area (Å²) >= 11 is 0. The largest absolute Gasteiger partial charge is 0.433 e. The molecule has 1 unspecified atom stereocenters. The van der Waals surface area contributed by atoms with Crippen LogP contribution in [0.5, 0.6) is 0 Å². The molecule has 0 bridgehead atoms. The maximum atomic E-state index is 12.4. The van der Waals surface area contributed by atoms with Crippen LogP contribution in [0.1, 0.15) is 26.5 Å². The Balaban J connectivity index is 2.75. The van der Waals surface area contributed by atoms with Crippen molar-refractivity contribution in [2.45, 2.75) is 38.2 Å². The fourth-order valence-corrected chi connectivity index (χ4v) is 2.36. The van der Waals surface area contributed by atoms with Crippen molar-refractivity contribution >= 4 is 15.7 Å². The molecule has 0 aromatic carbocycles. The van der Waals surface area contributed by atoms with Crippen LogP contribution in [0.4, 0.5) is 18.9 Å². The molecule has 1 heterocycles. The Morgan fingerprint density at radius 3 is 2.29 bits per heavy atom. The van der Waals surface area contributed by atoms with Gasteiger partial charge in [0.2, 0.25) is 10.0 Å². The first-order valence-corrected chi connectivity index (χ1v) is 7.85. The molecule has 2 N–H and O–H groups in total. The summed E-state index contributed by atoms with van der Waals surface area (Å²) in [6.45, 7) is 5.51. The molecular formula is C12H18F3N3O2S. The highest BCUT2D eigenvalue weighted by Crippen LogP contribution is 2.28. The molecule has 1 atom stereocenters. The zero-order chi connectivity index (χ0) is 16.3. The van der Waals surface area contributed by atoms with E-state index < -0.39 is 27.1 Å². The van der Waals surface area contributed by atoms with Gasteiger partial charge in [-0.2, -0.15) is 13.2 Å². The lowest BCUT2D eigenvalue weighted by Crippen LogP contribution is -2.37. The average Bonchev–Trinajstić information content (AvgIpc) is 2.34. The van der Waals surface area contributed by atoms with Gasteiger partial charge in [-0.1, -0.05) is 13.8 Å². The fraction of sp³-hybridized carbons (Fsp3) is 0.583. The van der Waals surface area contributed by atoms with Crippen molar-refractivity contribution in [3.63, 3.8) is 0 Å². The minimum atomic E-state index is -4.55. The van der Waals surface area contributed by atoms with E-state index in [9.17, 15) is 21.6 Å². The summed E-state index contributed by atoms with van der Waals surface area (Å²) < 4.78 is 63.3. The van der Waals surface area contributed by atoms with Crippen LogP contribution in [0.25, 0.3) is 0 Å². The van der Waals surface area contributed by atoms with E-state index in [1.54, 1.807) is 0 Å². The van der Waals surface area contributed by atoms with Crippen LogP contribution >= 0.6 is 0 Å². The maximum Gasteiger partial charge on any atom is 0.433 e. The molecule has 0 fully saturated rings. The fourth-order valence-electron chi connectivity index (χ4n) is 1.40. The smallest absolute Gasteiger partial charge is 0.313 e. The highest BCUT2D eigenvalue weighted by molar-refractivity contribution is 7.93. The number of aromatic nitrogens is 1. The van der Waals surface area contributed by atoms with Crippen molar-refractivity contribution in [3.05, 3.63) is 24.0 Å². The van der Waals surface area contributed by atoms with Gasteiger partial charge in [-0.15, -0.1) is 0 Å². The third-order valence-corrected chi connectivity index (χ3v) is 4.40. The number of pyridine rings is 1. The van der Waals surface area contributed by atoms with Gasteiger partial charge in [0.15, 0.2) is 0 Å². The number of hydrogen-bond donors (Lipinski definition) is 2. The van der Waals surface area contributed by atoms with Gasteiger partial charge in [-0.05, 0) is 19.1 Å². The molecule has 120 valence electrons. The minimum Gasteiger partial charge on any atom is -0.313 e. The average molecular weight is 325 g/mol. The Morgan fingerprint density at radius 1 is 1.24 bits per heavy atom. The summed E-state index contributed by atoms with van der Waals surface area (Å²) in [6.07, 6.45) is -3.70. The molecule has 0 aliphatic carbocycles. The second-order valence-corrected chi connectivity index (χ2v) is 7.05. The molecule has 0 radical (unpaired) electrons. The lowest BCUT2D eigenvalue weighted by molar-refractivity contribution is -0.141. The number of anilines is 1. The zero-order valence-electron chi connectivity index (χ0n) is 11.9. The second-order valence-electron chi connectivity index (χ2n) is 4.95. The van der Waals surface area contributed by atoms with Crippen LogP contribution in [0, 0.1) is 0 Å². The first-order chi connectivity index (χ1) is 9.52. The molecule has 0 amide bonds. The van der Waals surface area contributed by atoms with Crippen LogP contribution in [0.3, 0.4) is 0 Å². The highest BCUT2D eigenvalue weighted by Gasteiger charge is 2.32. The summed E-state index contributed by atoms with van der Waals surface area (Å²) in [6, 6.07) is 1.90. The summed E-state index contributed by atoms with van der Waals surface area (Å²) in [5, 5.41) is 2.25. The van der Waals surface area contributed by atoms with Gasteiger partial charge in [0, 0.05) is 12.6 Å². The van der Waals surface area contributed by atoms with Crippen LogP contribution in [-0.2, 0) is 16.2 Å². The number of nitrogens with zero attached hydrogens (tertiary/aromatic N) is 1. The third kappa shape index (κ3) is 5.50. The first-order valence-electron chi connectivity index (χ1n) is 6.30. The van der Waals surface area contributed by atoms with E-state index in [-0.39, 0.29) is 18.3 Å². The molecule has 1 aromatic heterocycles. The lowest BCUT2D eigenvalue weighted by atomic mass is 10.3.